The Bertz CT molecular complexity index is 1260. The Morgan fingerprint density at radius 2 is 0.839 bits per heavy atom. The molecule has 0 N–H and O–H groups in total. The highest BCUT2D eigenvalue weighted by Crippen LogP contribution is 2.33. The summed E-state index contributed by atoms with van der Waals surface area (Å²) >= 11 is 3.69. The first-order chi connectivity index (χ1) is 15.3. The third-order valence-corrected chi connectivity index (χ3v) is 5.70. The van der Waals surface area contributed by atoms with Crippen LogP contribution in [0, 0.1) is 0 Å². The Balaban J connectivity index is 1.69. The van der Waals surface area contributed by atoms with Gasteiger partial charge in [0.1, 0.15) is 0 Å². The van der Waals surface area contributed by atoms with Gasteiger partial charge in [-0.15, -0.1) is 0 Å². The molecule has 0 fully saturated rings. The number of aromatic nitrogens is 3. The largest absolute Gasteiger partial charge is 0.208 e. The van der Waals surface area contributed by atoms with Crippen molar-refractivity contribution in [2.45, 2.75) is 0 Å². The summed E-state index contributed by atoms with van der Waals surface area (Å²) in [5, 5.41) is 0. The monoisotopic (exact) mass is 463 g/mol. The molecule has 4 heteroatoms. The van der Waals surface area contributed by atoms with Crippen molar-refractivity contribution in [2.24, 2.45) is 0 Å². The first kappa shape index (κ1) is 19.3. The van der Waals surface area contributed by atoms with E-state index in [1.165, 1.54) is 0 Å². The van der Waals surface area contributed by atoms with Crippen LogP contribution in [0.15, 0.2) is 114 Å². The second-order valence-electron chi connectivity index (χ2n) is 7.10. The van der Waals surface area contributed by atoms with E-state index < -0.39 is 0 Å². The van der Waals surface area contributed by atoms with Crippen molar-refractivity contribution in [3.05, 3.63) is 114 Å². The molecule has 31 heavy (non-hydrogen) atoms. The van der Waals surface area contributed by atoms with E-state index in [-0.39, 0.29) is 0 Å². The zero-order valence-corrected chi connectivity index (χ0v) is 18.2. The zero-order valence-electron chi connectivity index (χ0n) is 16.6. The van der Waals surface area contributed by atoms with E-state index in [4.69, 9.17) is 15.0 Å². The minimum Gasteiger partial charge on any atom is -0.208 e. The summed E-state index contributed by atoms with van der Waals surface area (Å²) in [5.74, 6) is 1.97. The van der Waals surface area contributed by atoms with Gasteiger partial charge >= 0.3 is 0 Å². The Kier molecular flexibility index (Phi) is 5.38. The number of hydrogen-bond donors (Lipinski definition) is 0. The lowest BCUT2D eigenvalue weighted by atomic mass is 10.0. The van der Waals surface area contributed by atoms with Crippen molar-refractivity contribution in [3.63, 3.8) is 0 Å². The SMILES string of the molecule is Brc1ccc(-c2nc(-c3ccccc3)nc(-c3ccccc3)n2)cc1-c1ccccc1. The molecule has 0 atom stereocenters. The summed E-state index contributed by atoms with van der Waals surface area (Å²) in [6, 6.07) is 36.5. The van der Waals surface area contributed by atoms with Crippen LogP contribution >= 0.6 is 15.9 Å². The van der Waals surface area contributed by atoms with Crippen molar-refractivity contribution < 1.29 is 0 Å². The van der Waals surface area contributed by atoms with Crippen molar-refractivity contribution >= 4 is 15.9 Å². The van der Waals surface area contributed by atoms with Crippen LogP contribution in [0.25, 0.3) is 45.3 Å². The van der Waals surface area contributed by atoms with Crippen LogP contribution in [0.1, 0.15) is 0 Å². The molecule has 0 aliphatic carbocycles. The lowest BCUT2D eigenvalue weighted by molar-refractivity contribution is 1.07. The molecule has 1 heterocycles. The fourth-order valence-corrected chi connectivity index (χ4v) is 3.92. The van der Waals surface area contributed by atoms with Gasteiger partial charge in [0.05, 0.1) is 0 Å². The van der Waals surface area contributed by atoms with Gasteiger partial charge in [-0.3, -0.25) is 0 Å². The smallest absolute Gasteiger partial charge is 0.164 e. The van der Waals surface area contributed by atoms with E-state index in [0.29, 0.717) is 17.5 Å². The Morgan fingerprint density at radius 1 is 0.419 bits per heavy atom. The Hall–Kier alpha value is -3.63. The molecule has 0 aliphatic rings. The summed E-state index contributed by atoms with van der Waals surface area (Å²) in [7, 11) is 0. The third kappa shape index (κ3) is 4.16. The van der Waals surface area contributed by atoms with Crippen molar-refractivity contribution in [1.29, 1.82) is 0 Å². The predicted octanol–water partition coefficient (Wildman–Crippen LogP) is 7.30. The summed E-state index contributed by atoms with van der Waals surface area (Å²) in [6.45, 7) is 0. The molecule has 0 radical (unpaired) electrons. The van der Waals surface area contributed by atoms with E-state index in [2.05, 4.69) is 34.1 Å². The third-order valence-electron chi connectivity index (χ3n) is 5.01. The molecule has 0 saturated carbocycles. The first-order valence-corrected chi connectivity index (χ1v) is 10.8. The van der Waals surface area contributed by atoms with E-state index >= 15 is 0 Å². The van der Waals surface area contributed by atoms with Gasteiger partial charge < -0.3 is 0 Å². The number of benzene rings is 4. The molecular formula is C27H18BrN3. The maximum absolute atomic E-state index is 4.83. The molecule has 0 aliphatic heterocycles. The first-order valence-electron chi connectivity index (χ1n) is 10.0. The van der Waals surface area contributed by atoms with Crippen LogP contribution in [0.5, 0.6) is 0 Å². The molecule has 0 unspecified atom stereocenters. The molecule has 0 bridgehead atoms. The lowest BCUT2D eigenvalue weighted by Crippen LogP contribution is -2.00. The van der Waals surface area contributed by atoms with E-state index in [1.807, 2.05) is 91.0 Å². The molecule has 0 spiro atoms. The average molecular weight is 464 g/mol. The second kappa shape index (κ2) is 8.62. The summed E-state index contributed by atoms with van der Waals surface area (Å²) in [4.78, 5) is 14.4. The van der Waals surface area contributed by atoms with Crippen LogP contribution in [0.4, 0.5) is 0 Å². The number of halogens is 1. The van der Waals surface area contributed by atoms with Crippen LogP contribution in [0.2, 0.25) is 0 Å². The van der Waals surface area contributed by atoms with Gasteiger partial charge in [0.15, 0.2) is 17.5 Å². The van der Waals surface area contributed by atoms with E-state index in [1.54, 1.807) is 0 Å². The summed E-state index contributed by atoms with van der Waals surface area (Å²) < 4.78 is 1.03. The highest BCUT2D eigenvalue weighted by atomic mass is 79.9. The van der Waals surface area contributed by atoms with Crippen molar-refractivity contribution in [1.82, 2.24) is 15.0 Å². The summed E-state index contributed by atoms with van der Waals surface area (Å²) in [5.41, 5.74) is 5.10. The van der Waals surface area contributed by atoms with Gasteiger partial charge in [0.2, 0.25) is 0 Å². The van der Waals surface area contributed by atoms with E-state index in [9.17, 15) is 0 Å². The molecule has 1 aromatic heterocycles. The fourth-order valence-electron chi connectivity index (χ4n) is 3.44. The molecule has 3 nitrogen and oxygen atoms in total. The minimum atomic E-state index is 0.650. The Morgan fingerprint density at radius 3 is 1.32 bits per heavy atom. The lowest BCUT2D eigenvalue weighted by Gasteiger charge is -2.10. The highest BCUT2D eigenvalue weighted by molar-refractivity contribution is 9.10. The standard InChI is InChI=1S/C27H18BrN3/c28-24-17-16-22(18-23(24)19-10-4-1-5-11-19)27-30-25(20-12-6-2-7-13-20)29-26(31-27)21-14-8-3-9-15-21/h1-18H. The maximum atomic E-state index is 4.83. The fraction of sp³-hybridized carbons (Fsp3) is 0. The minimum absolute atomic E-state index is 0.650. The predicted molar refractivity (Wildman–Crippen MR) is 129 cm³/mol. The molecule has 0 amide bonds. The molecule has 5 rings (SSSR count). The van der Waals surface area contributed by atoms with Gasteiger partial charge in [0, 0.05) is 21.2 Å². The van der Waals surface area contributed by atoms with Crippen LogP contribution in [0.3, 0.4) is 0 Å². The molecule has 148 valence electrons. The topological polar surface area (TPSA) is 38.7 Å². The van der Waals surface area contributed by atoms with Crippen molar-refractivity contribution in [2.75, 3.05) is 0 Å². The molecular weight excluding hydrogens is 446 g/mol. The summed E-state index contributed by atoms with van der Waals surface area (Å²) in [6.07, 6.45) is 0. The molecule has 4 aromatic carbocycles. The van der Waals surface area contributed by atoms with Crippen LogP contribution in [-0.2, 0) is 0 Å². The normalized spacial score (nSPS) is 10.7. The van der Waals surface area contributed by atoms with E-state index in [0.717, 1.165) is 32.3 Å². The Labute approximate surface area is 189 Å². The quantitative estimate of drug-likeness (QED) is 0.280. The number of rotatable bonds is 4. The van der Waals surface area contributed by atoms with Gasteiger partial charge in [-0.2, -0.15) is 0 Å². The van der Waals surface area contributed by atoms with Gasteiger partial charge in [-0.1, -0.05) is 113 Å². The maximum Gasteiger partial charge on any atom is 0.164 e. The van der Waals surface area contributed by atoms with Crippen LogP contribution < -0.4 is 0 Å². The van der Waals surface area contributed by atoms with Gasteiger partial charge in [0.25, 0.3) is 0 Å². The van der Waals surface area contributed by atoms with Crippen LogP contribution in [-0.4, -0.2) is 15.0 Å². The van der Waals surface area contributed by atoms with Gasteiger partial charge in [-0.05, 0) is 23.3 Å². The number of hydrogen-bond acceptors (Lipinski definition) is 3. The number of nitrogens with zero attached hydrogens (tertiary/aromatic N) is 3. The second-order valence-corrected chi connectivity index (χ2v) is 7.95. The zero-order chi connectivity index (χ0) is 21.0. The van der Waals surface area contributed by atoms with Gasteiger partial charge in [-0.25, -0.2) is 15.0 Å². The highest BCUT2D eigenvalue weighted by Gasteiger charge is 2.13. The molecule has 5 aromatic rings. The van der Waals surface area contributed by atoms with Crippen molar-refractivity contribution in [3.8, 4) is 45.3 Å². The average Bonchev–Trinajstić information content (AvgIpc) is 2.86. The molecule has 0 saturated heterocycles.